The zero-order valence-corrected chi connectivity index (χ0v) is 24.7. The predicted molar refractivity (Wildman–Crippen MR) is 139 cm³/mol. The van der Waals surface area contributed by atoms with Gasteiger partial charge in [-0.1, -0.05) is 18.2 Å². The van der Waals surface area contributed by atoms with Crippen LogP contribution in [0.5, 0.6) is 0 Å². The Hall–Kier alpha value is -3.16. The van der Waals surface area contributed by atoms with Gasteiger partial charge < -0.3 is 15.3 Å². The largest absolute Gasteiger partial charge is 3.00 e. The number of carboxylic acids is 3. The number of pyridine rings is 3. The number of carboxylic acid groups (broad SMARTS) is 3. The number of aromatic nitrogens is 3. The molecule has 0 saturated heterocycles. The fourth-order valence-electron chi connectivity index (χ4n) is 4.45. The normalized spacial score (nSPS) is 15.3. The molecule has 40 heavy (non-hydrogen) atoms. The average molecular weight is 623 g/mol. The maximum absolute atomic E-state index is 11.6. The molecule has 4 heterocycles. The summed E-state index contributed by atoms with van der Waals surface area (Å²) in [4.78, 5) is 53.7. The first-order chi connectivity index (χ1) is 18.7. The van der Waals surface area contributed by atoms with Gasteiger partial charge in [0.2, 0.25) is 0 Å². The molecular weight excluding hydrogens is 593 g/mol. The fourth-order valence-corrected chi connectivity index (χ4v) is 4.45. The number of rotatable bonds is 8. The maximum Gasteiger partial charge on any atom is 3.00 e. The summed E-state index contributed by atoms with van der Waals surface area (Å²) in [6.07, 6.45) is 0. The van der Waals surface area contributed by atoms with Crippen molar-refractivity contribution in [2.75, 3.05) is 32.7 Å². The number of nitrogens with zero attached hydrogens (tertiary/aromatic N) is 6. The van der Waals surface area contributed by atoms with E-state index in [0.29, 0.717) is 63.7 Å². The predicted octanol–water partition coefficient (Wildman–Crippen LogP) is 1.67. The van der Waals surface area contributed by atoms with Crippen molar-refractivity contribution in [2.24, 2.45) is 0 Å². The van der Waals surface area contributed by atoms with Crippen LogP contribution in [0.1, 0.15) is 43.8 Å². The second kappa shape index (κ2) is 15.0. The third-order valence-electron chi connectivity index (χ3n) is 6.28. The second-order valence-electron chi connectivity index (χ2n) is 9.35. The van der Waals surface area contributed by atoms with Gasteiger partial charge in [-0.25, -0.2) is 19.6 Å². The van der Waals surface area contributed by atoms with Gasteiger partial charge in [0, 0.05) is 52.4 Å². The van der Waals surface area contributed by atoms with Gasteiger partial charge in [-0.2, -0.15) is 0 Å². The second-order valence-corrected chi connectivity index (χ2v) is 9.35. The fraction of sp³-hybridized carbons (Fsp3) is 0.333. The van der Waals surface area contributed by atoms with E-state index in [1.807, 2.05) is 23.1 Å². The molecule has 13 heteroatoms. The topological polar surface area (TPSA) is 160 Å². The van der Waals surface area contributed by atoms with Gasteiger partial charge in [-0.15, -0.1) is 0 Å². The monoisotopic (exact) mass is 623 g/mol. The molecule has 0 aliphatic carbocycles. The molecule has 0 atom stereocenters. The smallest absolute Gasteiger partial charge is 0.480 e. The van der Waals surface area contributed by atoms with Crippen molar-refractivity contribution >= 4 is 17.9 Å². The molecule has 0 radical (unpaired) electrons. The molecule has 1 aliphatic heterocycles. The van der Waals surface area contributed by atoms with E-state index in [1.165, 1.54) is 12.1 Å². The van der Waals surface area contributed by atoms with Crippen LogP contribution in [-0.2, 0) is 63.7 Å². The first-order valence-electron chi connectivity index (χ1n) is 12.5. The number of fused-ring (bicyclic) bond motifs is 2. The van der Waals surface area contributed by atoms with E-state index in [1.54, 1.807) is 24.3 Å². The maximum atomic E-state index is 11.6. The van der Waals surface area contributed by atoms with Crippen molar-refractivity contribution in [1.29, 1.82) is 0 Å². The van der Waals surface area contributed by atoms with Gasteiger partial charge in [0.25, 0.3) is 0 Å². The summed E-state index contributed by atoms with van der Waals surface area (Å²) in [5, 5.41) is 28.1. The van der Waals surface area contributed by atoms with Crippen LogP contribution >= 0.6 is 0 Å². The number of carbonyl (C=O) groups is 3. The van der Waals surface area contributed by atoms with E-state index in [2.05, 4.69) is 19.8 Å². The van der Waals surface area contributed by atoms with E-state index in [-0.39, 0.29) is 50.6 Å². The van der Waals surface area contributed by atoms with E-state index in [4.69, 9.17) is 4.98 Å². The van der Waals surface area contributed by atoms with Crippen molar-refractivity contribution in [3.8, 4) is 0 Å². The molecule has 0 aromatic carbocycles. The molecule has 3 N–H and O–H groups in total. The Morgan fingerprint density at radius 2 is 1.05 bits per heavy atom. The third kappa shape index (κ3) is 9.49. The van der Waals surface area contributed by atoms with Crippen molar-refractivity contribution in [2.45, 2.75) is 26.2 Å². The van der Waals surface area contributed by atoms with E-state index in [0.717, 1.165) is 11.4 Å². The van der Waals surface area contributed by atoms with Crippen LogP contribution in [-0.4, -0.2) is 95.6 Å². The van der Waals surface area contributed by atoms with E-state index in [9.17, 15) is 29.7 Å². The molecule has 4 rings (SSSR count). The van der Waals surface area contributed by atoms with Crippen molar-refractivity contribution in [3.63, 3.8) is 0 Å². The molecule has 3 aromatic rings. The average Bonchev–Trinajstić information content (AvgIpc) is 2.89. The number of hydrogen-bond acceptors (Lipinski definition) is 9. The minimum Gasteiger partial charge on any atom is -0.480 e. The molecule has 0 unspecified atom stereocenters. The molecule has 1 aliphatic rings. The van der Waals surface area contributed by atoms with Gasteiger partial charge in [0.05, 0.1) is 29.3 Å². The summed E-state index contributed by atoms with van der Waals surface area (Å²) >= 11 is 0. The minimum absolute atomic E-state index is 0. The molecular formula is C27H30N6O6Y+3. The zero-order chi connectivity index (χ0) is 27.8. The molecule has 0 amide bonds. The summed E-state index contributed by atoms with van der Waals surface area (Å²) in [6, 6.07) is 15.5. The SMILES string of the molecule is O=C(O)CN1CCN(Cc2cccc(C(=O)O)n2)Cc2cccc(n2)CN(Cc2cccc(C(=O)O)n2)CC1.[Y+3]. The van der Waals surface area contributed by atoms with Crippen molar-refractivity contribution < 1.29 is 62.4 Å². The molecule has 0 spiro atoms. The van der Waals surface area contributed by atoms with E-state index >= 15 is 0 Å². The molecule has 0 saturated carbocycles. The van der Waals surface area contributed by atoms with Crippen molar-refractivity contribution in [3.05, 3.63) is 88.8 Å². The van der Waals surface area contributed by atoms with Crippen LogP contribution in [0.3, 0.4) is 0 Å². The molecule has 12 nitrogen and oxygen atoms in total. The van der Waals surface area contributed by atoms with Gasteiger partial charge in [0.15, 0.2) is 0 Å². The summed E-state index contributed by atoms with van der Waals surface area (Å²) < 4.78 is 0. The van der Waals surface area contributed by atoms with Gasteiger partial charge in [-0.05, 0) is 36.4 Å². The Balaban J connectivity index is 0.00000441. The van der Waals surface area contributed by atoms with Crippen LogP contribution < -0.4 is 0 Å². The Morgan fingerprint density at radius 3 is 1.48 bits per heavy atom. The van der Waals surface area contributed by atoms with Crippen LogP contribution in [0.15, 0.2) is 54.6 Å². The Morgan fingerprint density at radius 1 is 0.625 bits per heavy atom. The molecule has 204 valence electrons. The van der Waals surface area contributed by atoms with Gasteiger partial charge >= 0.3 is 50.6 Å². The Labute approximate surface area is 256 Å². The molecule has 3 aromatic heterocycles. The summed E-state index contributed by atoms with van der Waals surface area (Å²) in [5.41, 5.74) is 2.78. The summed E-state index contributed by atoms with van der Waals surface area (Å²) in [6.45, 7) is 3.52. The first-order valence-corrected chi connectivity index (χ1v) is 12.5. The number of aliphatic carboxylic acids is 1. The summed E-state index contributed by atoms with van der Waals surface area (Å²) in [7, 11) is 0. The van der Waals surface area contributed by atoms with Crippen LogP contribution in [0, 0.1) is 0 Å². The van der Waals surface area contributed by atoms with Gasteiger partial charge in [0.1, 0.15) is 11.4 Å². The van der Waals surface area contributed by atoms with Crippen LogP contribution in [0.4, 0.5) is 0 Å². The standard InChI is InChI=1S/C27H30N6O6.Y/c34-25(35)18-31-10-12-32(16-21-6-2-8-23(29-21)26(36)37)14-19-4-1-5-20(28-19)15-33(13-11-31)17-22-7-3-9-24(30-22)27(38)39;/h1-9H,10-18H2,(H,34,35)(H,36,37)(H,38,39);/q;+3. The quantitative estimate of drug-likeness (QED) is 0.334. The number of hydrogen-bond donors (Lipinski definition) is 3. The first kappa shape index (κ1) is 31.4. The molecule has 0 fully saturated rings. The summed E-state index contributed by atoms with van der Waals surface area (Å²) in [5.74, 6) is -3.12. The van der Waals surface area contributed by atoms with Crippen LogP contribution in [0.2, 0.25) is 0 Å². The Kier molecular flexibility index (Phi) is 11.8. The third-order valence-corrected chi connectivity index (χ3v) is 6.28. The van der Waals surface area contributed by atoms with Crippen LogP contribution in [0.25, 0.3) is 0 Å². The van der Waals surface area contributed by atoms with E-state index < -0.39 is 17.9 Å². The molecule has 2 bridgehead atoms. The Bertz CT molecular complexity index is 1250. The van der Waals surface area contributed by atoms with Crippen molar-refractivity contribution in [1.82, 2.24) is 29.7 Å². The van der Waals surface area contributed by atoms with Gasteiger partial charge in [-0.3, -0.25) is 24.5 Å². The minimum atomic E-state index is -1.10. The number of aromatic carboxylic acids is 2. The zero-order valence-electron chi connectivity index (χ0n) is 21.9.